The summed E-state index contributed by atoms with van der Waals surface area (Å²) in [5.74, 6) is -0.234. The Morgan fingerprint density at radius 3 is 2.90 bits per heavy atom. The van der Waals surface area contributed by atoms with Gasteiger partial charge >= 0.3 is 0 Å². The van der Waals surface area contributed by atoms with Crippen LogP contribution in [0.1, 0.15) is 31.7 Å². The number of nitrogens with two attached hydrogens (primary N) is 1. The van der Waals surface area contributed by atoms with E-state index in [4.69, 9.17) is 5.73 Å². The van der Waals surface area contributed by atoms with Crippen LogP contribution in [0.25, 0.3) is 0 Å². The Hall–Kier alpha value is -1.39. The number of hydrogen-bond donors (Lipinski definition) is 2. The fourth-order valence-electron chi connectivity index (χ4n) is 2.94. The highest BCUT2D eigenvalue weighted by Crippen LogP contribution is 2.14. The fourth-order valence-corrected chi connectivity index (χ4v) is 2.94. The molecule has 0 aromatic heterocycles. The van der Waals surface area contributed by atoms with E-state index in [1.807, 2.05) is 6.92 Å². The summed E-state index contributed by atoms with van der Waals surface area (Å²) < 4.78 is 0. The third kappa shape index (κ3) is 4.94. The van der Waals surface area contributed by atoms with E-state index in [1.165, 1.54) is 18.4 Å². The minimum Gasteiger partial charge on any atom is -0.370 e. The Labute approximate surface area is 121 Å². The van der Waals surface area contributed by atoms with Crippen molar-refractivity contribution in [2.45, 2.75) is 44.8 Å². The number of benzene rings is 1. The summed E-state index contributed by atoms with van der Waals surface area (Å²) in [6.45, 7) is 5.22. The van der Waals surface area contributed by atoms with E-state index < -0.39 is 0 Å². The summed E-state index contributed by atoms with van der Waals surface area (Å²) in [4.78, 5) is 13.4. The first-order chi connectivity index (χ1) is 9.63. The topological polar surface area (TPSA) is 58.4 Å². The lowest BCUT2D eigenvalue weighted by molar-refractivity contribution is -0.118. The first kappa shape index (κ1) is 15.0. The minimum atomic E-state index is -0.234. The second-order valence-corrected chi connectivity index (χ2v) is 5.80. The molecule has 1 amide bonds. The number of hydrogen-bond acceptors (Lipinski definition) is 3. The highest BCUT2D eigenvalue weighted by molar-refractivity contribution is 5.74. The van der Waals surface area contributed by atoms with E-state index >= 15 is 0 Å². The van der Waals surface area contributed by atoms with Crippen LogP contribution in [-0.4, -0.2) is 36.0 Å². The highest BCUT2D eigenvalue weighted by atomic mass is 16.1. The van der Waals surface area contributed by atoms with Gasteiger partial charge in [-0.2, -0.15) is 0 Å². The van der Waals surface area contributed by atoms with Crippen LogP contribution in [-0.2, 0) is 11.3 Å². The monoisotopic (exact) mass is 275 g/mol. The molecular weight excluding hydrogens is 250 g/mol. The number of rotatable bonds is 6. The number of piperidine rings is 1. The molecule has 20 heavy (non-hydrogen) atoms. The van der Waals surface area contributed by atoms with E-state index in [0.29, 0.717) is 12.5 Å². The van der Waals surface area contributed by atoms with Crippen molar-refractivity contribution in [2.24, 2.45) is 5.73 Å². The van der Waals surface area contributed by atoms with E-state index in [9.17, 15) is 4.79 Å². The van der Waals surface area contributed by atoms with Crippen LogP contribution < -0.4 is 11.1 Å². The van der Waals surface area contributed by atoms with Gasteiger partial charge in [0.05, 0.1) is 0 Å². The standard InChI is InChI=1S/C16H25N3O/c1-13(10-16(17)20)18-15-8-5-9-19(12-15)11-14-6-3-2-4-7-14/h2-4,6-7,13,15,18H,5,8-12H2,1H3,(H2,17,20). The maximum atomic E-state index is 10.9. The average Bonchev–Trinajstić information content (AvgIpc) is 2.39. The van der Waals surface area contributed by atoms with Crippen molar-refractivity contribution in [1.29, 1.82) is 0 Å². The molecule has 1 aliphatic heterocycles. The summed E-state index contributed by atoms with van der Waals surface area (Å²) >= 11 is 0. The maximum absolute atomic E-state index is 10.9. The summed E-state index contributed by atoms with van der Waals surface area (Å²) in [6, 6.07) is 11.2. The van der Waals surface area contributed by atoms with Gasteiger partial charge in [0.2, 0.25) is 5.91 Å². The Bertz CT molecular complexity index is 421. The Morgan fingerprint density at radius 2 is 2.20 bits per heavy atom. The summed E-state index contributed by atoms with van der Waals surface area (Å²) in [7, 11) is 0. The summed E-state index contributed by atoms with van der Waals surface area (Å²) in [5, 5.41) is 3.52. The van der Waals surface area contributed by atoms with Crippen molar-refractivity contribution in [3.05, 3.63) is 35.9 Å². The smallest absolute Gasteiger partial charge is 0.218 e. The number of amides is 1. The van der Waals surface area contributed by atoms with E-state index in [-0.39, 0.29) is 11.9 Å². The number of nitrogens with zero attached hydrogens (tertiary/aromatic N) is 1. The van der Waals surface area contributed by atoms with Crippen LogP contribution in [0.5, 0.6) is 0 Å². The SMILES string of the molecule is CC(CC(N)=O)NC1CCCN(Cc2ccccc2)C1. The molecule has 1 aromatic carbocycles. The third-order valence-electron chi connectivity index (χ3n) is 3.78. The molecular formula is C16H25N3O. The summed E-state index contributed by atoms with van der Waals surface area (Å²) in [5.41, 5.74) is 6.60. The number of nitrogens with one attached hydrogen (secondary N) is 1. The second-order valence-electron chi connectivity index (χ2n) is 5.80. The van der Waals surface area contributed by atoms with Crippen molar-refractivity contribution in [1.82, 2.24) is 10.2 Å². The molecule has 110 valence electrons. The van der Waals surface area contributed by atoms with Gasteiger partial charge in [0, 0.05) is 31.6 Å². The average molecular weight is 275 g/mol. The third-order valence-corrected chi connectivity index (χ3v) is 3.78. The zero-order chi connectivity index (χ0) is 14.4. The Kier molecular flexibility index (Phi) is 5.56. The molecule has 4 nitrogen and oxygen atoms in total. The molecule has 0 spiro atoms. The summed E-state index contributed by atoms with van der Waals surface area (Å²) in [6.07, 6.45) is 2.79. The van der Waals surface area contributed by atoms with Crippen molar-refractivity contribution < 1.29 is 4.79 Å². The molecule has 3 N–H and O–H groups in total. The molecule has 0 radical (unpaired) electrons. The van der Waals surface area contributed by atoms with Gasteiger partial charge < -0.3 is 11.1 Å². The molecule has 4 heteroatoms. The van der Waals surface area contributed by atoms with Gasteiger partial charge in [-0.15, -0.1) is 0 Å². The lowest BCUT2D eigenvalue weighted by Crippen LogP contribution is -2.48. The van der Waals surface area contributed by atoms with Gasteiger partial charge in [-0.25, -0.2) is 0 Å². The quantitative estimate of drug-likeness (QED) is 0.827. The lowest BCUT2D eigenvalue weighted by atomic mass is 10.0. The van der Waals surface area contributed by atoms with E-state index in [1.54, 1.807) is 0 Å². The molecule has 1 heterocycles. The van der Waals surface area contributed by atoms with Crippen LogP contribution in [0, 0.1) is 0 Å². The molecule has 2 atom stereocenters. The van der Waals surface area contributed by atoms with Crippen LogP contribution in [0.15, 0.2) is 30.3 Å². The Morgan fingerprint density at radius 1 is 1.45 bits per heavy atom. The van der Waals surface area contributed by atoms with E-state index in [0.717, 1.165) is 19.6 Å². The van der Waals surface area contributed by atoms with Crippen molar-refractivity contribution in [3.8, 4) is 0 Å². The van der Waals surface area contributed by atoms with Gasteiger partial charge in [-0.1, -0.05) is 30.3 Å². The number of carbonyl (C=O) groups is 1. The molecule has 1 aromatic rings. The molecule has 1 saturated heterocycles. The zero-order valence-electron chi connectivity index (χ0n) is 12.2. The molecule has 0 aliphatic carbocycles. The second kappa shape index (κ2) is 7.41. The fraction of sp³-hybridized carbons (Fsp3) is 0.562. The normalized spacial score (nSPS) is 21.6. The minimum absolute atomic E-state index is 0.161. The molecule has 1 aliphatic rings. The largest absolute Gasteiger partial charge is 0.370 e. The van der Waals surface area contributed by atoms with Crippen LogP contribution in [0.4, 0.5) is 0 Å². The predicted octanol–water partition coefficient (Wildman–Crippen LogP) is 1.50. The first-order valence-electron chi connectivity index (χ1n) is 7.44. The number of carbonyl (C=O) groups excluding carboxylic acids is 1. The van der Waals surface area contributed by atoms with Gasteiger partial charge in [-0.3, -0.25) is 9.69 Å². The predicted molar refractivity (Wildman–Crippen MR) is 81.2 cm³/mol. The Balaban J connectivity index is 1.81. The van der Waals surface area contributed by atoms with Gasteiger partial charge in [0.25, 0.3) is 0 Å². The van der Waals surface area contributed by atoms with Crippen molar-refractivity contribution in [3.63, 3.8) is 0 Å². The van der Waals surface area contributed by atoms with Gasteiger partial charge in [-0.05, 0) is 31.9 Å². The number of primary amides is 1. The van der Waals surface area contributed by atoms with Crippen LogP contribution >= 0.6 is 0 Å². The van der Waals surface area contributed by atoms with Gasteiger partial charge in [0.1, 0.15) is 0 Å². The molecule has 2 rings (SSSR count). The lowest BCUT2D eigenvalue weighted by Gasteiger charge is -2.34. The van der Waals surface area contributed by atoms with Crippen LogP contribution in [0.3, 0.4) is 0 Å². The zero-order valence-corrected chi connectivity index (χ0v) is 12.2. The molecule has 0 saturated carbocycles. The van der Waals surface area contributed by atoms with E-state index in [2.05, 4.69) is 40.5 Å². The molecule has 0 bridgehead atoms. The highest BCUT2D eigenvalue weighted by Gasteiger charge is 2.21. The molecule has 2 unspecified atom stereocenters. The van der Waals surface area contributed by atoms with Crippen molar-refractivity contribution >= 4 is 5.91 Å². The van der Waals surface area contributed by atoms with Crippen molar-refractivity contribution in [2.75, 3.05) is 13.1 Å². The van der Waals surface area contributed by atoms with Crippen LogP contribution in [0.2, 0.25) is 0 Å². The first-order valence-corrected chi connectivity index (χ1v) is 7.44. The molecule has 1 fully saturated rings. The maximum Gasteiger partial charge on any atom is 0.218 e. The van der Waals surface area contributed by atoms with Gasteiger partial charge in [0.15, 0.2) is 0 Å². The number of likely N-dealkylation sites (tertiary alicyclic amines) is 1.